The van der Waals surface area contributed by atoms with Crippen LogP contribution in [0.3, 0.4) is 0 Å². The standard InChI is InChI=1S/C18H15Cl2NO4/c19-13-5-6-16(20)17(9-13)25-12-18(22)21(10-14-3-1-7-23-14)11-15-4-2-8-24-15/h1-9H,10-12H2. The van der Waals surface area contributed by atoms with Crippen molar-refractivity contribution < 1.29 is 18.4 Å². The number of ether oxygens (including phenoxy) is 1. The van der Waals surface area contributed by atoms with E-state index in [0.29, 0.717) is 40.4 Å². The van der Waals surface area contributed by atoms with Crippen LogP contribution in [0.1, 0.15) is 11.5 Å². The molecule has 25 heavy (non-hydrogen) atoms. The van der Waals surface area contributed by atoms with Crippen LogP contribution in [-0.4, -0.2) is 17.4 Å². The number of nitrogens with zero attached hydrogens (tertiary/aromatic N) is 1. The van der Waals surface area contributed by atoms with E-state index in [0.717, 1.165) is 0 Å². The van der Waals surface area contributed by atoms with Crippen LogP contribution in [0.25, 0.3) is 0 Å². The van der Waals surface area contributed by atoms with Crippen LogP contribution in [0.5, 0.6) is 5.75 Å². The van der Waals surface area contributed by atoms with Crippen molar-refractivity contribution in [3.8, 4) is 5.75 Å². The highest BCUT2D eigenvalue weighted by Gasteiger charge is 2.18. The predicted molar refractivity (Wildman–Crippen MR) is 93.6 cm³/mol. The molecule has 0 fully saturated rings. The maximum Gasteiger partial charge on any atom is 0.261 e. The van der Waals surface area contributed by atoms with Gasteiger partial charge in [0.2, 0.25) is 0 Å². The monoisotopic (exact) mass is 379 g/mol. The highest BCUT2D eigenvalue weighted by molar-refractivity contribution is 6.34. The molecule has 0 unspecified atom stereocenters. The molecule has 0 aliphatic carbocycles. The number of amides is 1. The third-order valence-electron chi connectivity index (χ3n) is 3.45. The lowest BCUT2D eigenvalue weighted by molar-refractivity contribution is -0.135. The highest BCUT2D eigenvalue weighted by Crippen LogP contribution is 2.27. The lowest BCUT2D eigenvalue weighted by Gasteiger charge is -2.21. The summed E-state index contributed by atoms with van der Waals surface area (Å²) in [6.45, 7) is 0.430. The number of benzene rings is 1. The third-order valence-corrected chi connectivity index (χ3v) is 4.00. The van der Waals surface area contributed by atoms with Crippen LogP contribution in [0.4, 0.5) is 0 Å². The fourth-order valence-electron chi connectivity index (χ4n) is 2.23. The molecule has 0 spiro atoms. The van der Waals surface area contributed by atoms with Gasteiger partial charge in [0.1, 0.15) is 17.3 Å². The summed E-state index contributed by atoms with van der Waals surface area (Å²) in [6.07, 6.45) is 3.13. The Balaban J connectivity index is 1.68. The van der Waals surface area contributed by atoms with Gasteiger partial charge in [0, 0.05) is 11.1 Å². The Bertz CT molecular complexity index is 779. The van der Waals surface area contributed by atoms with Gasteiger partial charge in [0.05, 0.1) is 30.6 Å². The van der Waals surface area contributed by atoms with Crippen LogP contribution in [-0.2, 0) is 17.9 Å². The third kappa shape index (κ3) is 4.81. The molecular formula is C18H15Cl2NO4. The number of hydrogen-bond donors (Lipinski definition) is 0. The average Bonchev–Trinajstić information content (AvgIpc) is 3.28. The topological polar surface area (TPSA) is 55.8 Å². The molecule has 0 N–H and O–H groups in total. The highest BCUT2D eigenvalue weighted by atomic mass is 35.5. The molecular weight excluding hydrogens is 365 g/mol. The molecule has 0 aliphatic heterocycles. The second-order valence-electron chi connectivity index (χ2n) is 5.27. The van der Waals surface area contributed by atoms with Crippen LogP contribution in [0.15, 0.2) is 63.8 Å². The number of halogens is 2. The van der Waals surface area contributed by atoms with E-state index in [1.54, 1.807) is 59.9 Å². The van der Waals surface area contributed by atoms with Gasteiger partial charge >= 0.3 is 0 Å². The summed E-state index contributed by atoms with van der Waals surface area (Å²) >= 11 is 12.0. The summed E-state index contributed by atoms with van der Waals surface area (Å²) in [5.74, 6) is 1.46. The molecule has 0 saturated carbocycles. The quantitative estimate of drug-likeness (QED) is 0.592. The van der Waals surface area contributed by atoms with Crippen LogP contribution < -0.4 is 4.74 Å². The minimum Gasteiger partial charge on any atom is -0.482 e. The first-order valence-corrected chi connectivity index (χ1v) is 8.28. The first kappa shape index (κ1) is 17.5. The second kappa shape index (κ2) is 8.14. The molecule has 0 radical (unpaired) electrons. The Labute approximate surface area is 154 Å². The molecule has 0 aliphatic rings. The normalized spacial score (nSPS) is 10.6. The Hall–Kier alpha value is -2.37. The summed E-state index contributed by atoms with van der Waals surface area (Å²) in [4.78, 5) is 14.2. The van der Waals surface area contributed by atoms with Gasteiger partial charge in [-0.15, -0.1) is 0 Å². The minimum absolute atomic E-state index is 0.179. The Morgan fingerprint density at radius 1 is 1.00 bits per heavy atom. The molecule has 0 saturated heterocycles. The second-order valence-corrected chi connectivity index (χ2v) is 6.12. The number of rotatable bonds is 7. The van der Waals surface area contributed by atoms with Gasteiger partial charge in [-0.05, 0) is 36.4 Å². The molecule has 7 heteroatoms. The summed E-state index contributed by atoms with van der Waals surface area (Å²) < 4.78 is 16.2. The molecule has 0 bridgehead atoms. The summed E-state index contributed by atoms with van der Waals surface area (Å²) in [6, 6.07) is 12.0. The van der Waals surface area contributed by atoms with Gasteiger partial charge in [-0.1, -0.05) is 23.2 Å². The SMILES string of the molecule is O=C(COc1cc(Cl)ccc1Cl)N(Cc1ccco1)Cc1ccco1. The largest absolute Gasteiger partial charge is 0.482 e. The molecule has 0 atom stereocenters. The van der Waals surface area contributed by atoms with E-state index in [1.165, 1.54) is 0 Å². The molecule has 1 amide bonds. The van der Waals surface area contributed by atoms with E-state index in [-0.39, 0.29) is 12.5 Å². The van der Waals surface area contributed by atoms with E-state index in [1.807, 2.05) is 0 Å². The van der Waals surface area contributed by atoms with Crippen molar-refractivity contribution in [2.75, 3.05) is 6.61 Å². The summed E-state index contributed by atoms with van der Waals surface area (Å²) in [5.41, 5.74) is 0. The van der Waals surface area contributed by atoms with Gasteiger partial charge in [-0.2, -0.15) is 0 Å². The van der Waals surface area contributed by atoms with Crippen molar-refractivity contribution in [3.05, 3.63) is 76.6 Å². The lowest BCUT2D eigenvalue weighted by Crippen LogP contribution is -2.33. The smallest absolute Gasteiger partial charge is 0.261 e. The van der Waals surface area contributed by atoms with Gasteiger partial charge in [0.15, 0.2) is 6.61 Å². The molecule has 2 aromatic heterocycles. The Morgan fingerprint density at radius 3 is 2.20 bits per heavy atom. The van der Waals surface area contributed by atoms with Gasteiger partial charge in [-0.3, -0.25) is 4.79 Å². The summed E-state index contributed by atoms with van der Waals surface area (Å²) in [5, 5.41) is 0.871. The Kier molecular flexibility index (Phi) is 5.68. The Morgan fingerprint density at radius 2 is 1.64 bits per heavy atom. The van der Waals surface area contributed by atoms with E-state index in [2.05, 4.69) is 0 Å². The molecule has 5 nitrogen and oxygen atoms in total. The van der Waals surface area contributed by atoms with Crippen molar-refractivity contribution >= 4 is 29.1 Å². The molecule has 3 rings (SSSR count). The van der Waals surface area contributed by atoms with Crippen LogP contribution in [0, 0.1) is 0 Å². The van der Waals surface area contributed by atoms with Crippen LogP contribution >= 0.6 is 23.2 Å². The van der Waals surface area contributed by atoms with Gasteiger partial charge in [0.25, 0.3) is 5.91 Å². The first-order valence-electron chi connectivity index (χ1n) is 7.52. The molecule has 1 aromatic carbocycles. The van der Waals surface area contributed by atoms with E-state index < -0.39 is 0 Å². The number of hydrogen-bond acceptors (Lipinski definition) is 4. The zero-order valence-corrected chi connectivity index (χ0v) is 14.7. The van der Waals surface area contributed by atoms with Crippen molar-refractivity contribution in [2.45, 2.75) is 13.1 Å². The summed E-state index contributed by atoms with van der Waals surface area (Å²) in [7, 11) is 0. The fourth-order valence-corrected chi connectivity index (χ4v) is 2.57. The predicted octanol–water partition coefficient (Wildman–Crippen LogP) is 4.79. The first-order chi connectivity index (χ1) is 12.1. The zero-order chi connectivity index (χ0) is 17.6. The number of furan rings is 2. The van der Waals surface area contributed by atoms with Crippen molar-refractivity contribution in [1.82, 2.24) is 4.90 Å². The maximum atomic E-state index is 12.6. The van der Waals surface area contributed by atoms with Crippen molar-refractivity contribution in [1.29, 1.82) is 0 Å². The lowest BCUT2D eigenvalue weighted by atomic mass is 10.3. The molecule has 3 aromatic rings. The molecule has 2 heterocycles. The number of carbonyl (C=O) groups is 1. The maximum absolute atomic E-state index is 12.6. The molecule has 130 valence electrons. The van der Waals surface area contributed by atoms with Crippen LogP contribution in [0.2, 0.25) is 10.0 Å². The van der Waals surface area contributed by atoms with Gasteiger partial charge in [-0.25, -0.2) is 0 Å². The fraction of sp³-hybridized carbons (Fsp3) is 0.167. The van der Waals surface area contributed by atoms with Gasteiger partial charge < -0.3 is 18.5 Å². The average molecular weight is 380 g/mol. The van der Waals surface area contributed by atoms with Crippen molar-refractivity contribution in [2.24, 2.45) is 0 Å². The van der Waals surface area contributed by atoms with E-state index in [4.69, 9.17) is 36.8 Å². The number of carbonyl (C=O) groups excluding carboxylic acids is 1. The zero-order valence-electron chi connectivity index (χ0n) is 13.2. The van der Waals surface area contributed by atoms with E-state index >= 15 is 0 Å². The van der Waals surface area contributed by atoms with E-state index in [9.17, 15) is 4.79 Å². The minimum atomic E-state index is -0.233. The van der Waals surface area contributed by atoms with Crippen molar-refractivity contribution in [3.63, 3.8) is 0 Å².